The van der Waals surface area contributed by atoms with Gasteiger partial charge in [-0.3, -0.25) is 4.79 Å². The van der Waals surface area contributed by atoms with Crippen LogP contribution in [0, 0.1) is 0 Å². The predicted molar refractivity (Wildman–Crippen MR) is 78.5 cm³/mol. The molecule has 1 atom stereocenters. The lowest BCUT2D eigenvalue weighted by molar-refractivity contribution is -0.00466. The summed E-state index contributed by atoms with van der Waals surface area (Å²) in [6.07, 6.45) is 3.09. The first-order chi connectivity index (χ1) is 8.99. The molecule has 4 nitrogen and oxygen atoms in total. The zero-order valence-corrected chi connectivity index (χ0v) is 12.9. The van der Waals surface area contributed by atoms with Crippen LogP contribution in [-0.4, -0.2) is 37.1 Å². The summed E-state index contributed by atoms with van der Waals surface area (Å²) < 4.78 is 5.61. The second-order valence-electron chi connectivity index (χ2n) is 5.70. The van der Waals surface area contributed by atoms with E-state index in [1.54, 1.807) is 7.11 Å². The second-order valence-corrected chi connectivity index (χ2v) is 6.71. The molecule has 0 amide bonds. The van der Waals surface area contributed by atoms with E-state index in [0.29, 0.717) is 0 Å². The minimum absolute atomic E-state index is 0.108. The van der Waals surface area contributed by atoms with Crippen LogP contribution in [0.3, 0.4) is 0 Å². The van der Waals surface area contributed by atoms with Gasteiger partial charge in [0.05, 0.1) is 16.2 Å². The standard InChI is InChI=1S/C14H22N2O2S/c1-10(2)12-11(8-17)19-13(15-12)16-7-5-6-14(3,9-16)18-4/h8,10H,5-7,9H2,1-4H3. The van der Waals surface area contributed by atoms with Gasteiger partial charge in [0.2, 0.25) is 0 Å². The van der Waals surface area contributed by atoms with Crippen LogP contribution in [0.25, 0.3) is 0 Å². The zero-order valence-electron chi connectivity index (χ0n) is 12.1. The van der Waals surface area contributed by atoms with Gasteiger partial charge in [-0.1, -0.05) is 25.2 Å². The number of methoxy groups -OCH3 is 1. The van der Waals surface area contributed by atoms with E-state index in [-0.39, 0.29) is 11.5 Å². The number of thiazole rings is 1. The van der Waals surface area contributed by atoms with Crippen molar-refractivity contribution in [3.8, 4) is 0 Å². The van der Waals surface area contributed by atoms with Crippen molar-refractivity contribution in [1.29, 1.82) is 0 Å². The fraction of sp³-hybridized carbons (Fsp3) is 0.714. The fourth-order valence-corrected chi connectivity index (χ4v) is 3.56. The summed E-state index contributed by atoms with van der Waals surface area (Å²) in [4.78, 5) is 18.8. The number of anilines is 1. The number of carbonyl (C=O) groups excluding carboxylic acids is 1. The van der Waals surface area contributed by atoms with Crippen LogP contribution in [-0.2, 0) is 4.74 Å². The lowest BCUT2D eigenvalue weighted by Gasteiger charge is -2.39. The van der Waals surface area contributed by atoms with Gasteiger partial charge in [-0.15, -0.1) is 0 Å². The molecule has 106 valence electrons. The highest BCUT2D eigenvalue weighted by molar-refractivity contribution is 7.17. The Kier molecular flexibility index (Phi) is 4.26. The maximum absolute atomic E-state index is 11.1. The Morgan fingerprint density at radius 2 is 2.26 bits per heavy atom. The Labute approximate surface area is 118 Å². The van der Waals surface area contributed by atoms with Crippen LogP contribution in [0.1, 0.15) is 54.9 Å². The Balaban J connectivity index is 2.24. The predicted octanol–water partition coefficient (Wildman–Crippen LogP) is 3.08. The number of hydrogen-bond donors (Lipinski definition) is 0. The first kappa shape index (κ1) is 14.5. The van der Waals surface area contributed by atoms with E-state index in [9.17, 15) is 4.79 Å². The summed E-state index contributed by atoms with van der Waals surface area (Å²) >= 11 is 1.50. The van der Waals surface area contributed by atoms with E-state index in [2.05, 4.69) is 30.7 Å². The van der Waals surface area contributed by atoms with E-state index in [0.717, 1.165) is 47.9 Å². The Morgan fingerprint density at radius 3 is 2.79 bits per heavy atom. The molecule has 1 unspecified atom stereocenters. The minimum Gasteiger partial charge on any atom is -0.377 e. The molecule has 19 heavy (non-hydrogen) atoms. The number of piperidine rings is 1. The minimum atomic E-state index is -0.108. The van der Waals surface area contributed by atoms with Crippen LogP contribution in [0.15, 0.2) is 0 Å². The summed E-state index contributed by atoms with van der Waals surface area (Å²) in [5, 5.41) is 0.953. The largest absolute Gasteiger partial charge is 0.377 e. The fourth-order valence-electron chi connectivity index (χ4n) is 2.50. The molecule has 1 aliphatic heterocycles. The third-order valence-electron chi connectivity index (χ3n) is 3.75. The van der Waals surface area contributed by atoms with Gasteiger partial charge in [-0.25, -0.2) is 4.98 Å². The van der Waals surface area contributed by atoms with Crippen molar-refractivity contribution in [2.24, 2.45) is 0 Å². The highest BCUT2D eigenvalue weighted by atomic mass is 32.1. The molecule has 2 heterocycles. The van der Waals surface area contributed by atoms with E-state index >= 15 is 0 Å². The molecule has 0 aromatic carbocycles. The third-order valence-corrected chi connectivity index (χ3v) is 4.80. The van der Waals surface area contributed by atoms with E-state index < -0.39 is 0 Å². The van der Waals surface area contributed by atoms with Gasteiger partial charge in [-0.2, -0.15) is 0 Å². The van der Waals surface area contributed by atoms with E-state index in [4.69, 9.17) is 4.74 Å². The molecule has 1 aromatic rings. The van der Waals surface area contributed by atoms with Crippen LogP contribution in [0.2, 0.25) is 0 Å². The highest BCUT2D eigenvalue weighted by Crippen LogP contribution is 2.33. The summed E-state index contributed by atoms with van der Waals surface area (Å²) in [7, 11) is 1.77. The molecular weight excluding hydrogens is 260 g/mol. The lowest BCUT2D eigenvalue weighted by Crippen LogP contribution is -2.47. The molecule has 0 aliphatic carbocycles. The molecule has 1 fully saturated rings. The molecule has 0 spiro atoms. The number of hydrogen-bond acceptors (Lipinski definition) is 5. The highest BCUT2D eigenvalue weighted by Gasteiger charge is 2.32. The van der Waals surface area contributed by atoms with Crippen molar-refractivity contribution in [2.75, 3.05) is 25.1 Å². The SMILES string of the molecule is COC1(C)CCCN(c2nc(C(C)C)c(C=O)s2)C1. The molecule has 5 heteroatoms. The summed E-state index contributed by atoms with van der Waals surface area (Å²) in [6.45, 7) is 8.11. The molecule has 0 saturated carbocycles. The number of rotatable bonds is 4. The molecule has 0 bridgehead atoms. The van der Waals surface area contributed by atoms with Gasteiger partial charge in [0, 0.05) is 20.2 Å². The van der Waals surface area contributed by atoms with Crippen molar-refractivity contribution in [3.05, 3.63) is 10.6 Å². The van der Waals surface area contributed by atoms with Crippen LogP contribution < -0.4 is 4.90 Å². The average molecular weight is 282 g/mol. The Hall–Kier alpha value is -0.940. The summed E-state index contributed by atoms with van der Waals surface area (Å²) in [5.41, 5.74) is 0.809. The molecule has 1 aromatic heterocycles. The summed E-state index contributed by atoms with van der Waals surface area (Å²) in [5.74, 6) is 0.281. The number of carbonyl (C=O) groups is 1. The van der Waals surface area contributed by atoms with Gasteiger partial charge < -0.3 is 9.64 Å². The van der Waals surface area contributed by atoms with Gasteiger partial charge in [0.15, 0.2) is 11.4 Å². The van der Waals surface area contributed by atoms with Crippen LogP contribution in [0.5, 0.6) is 0 Å². The number of nitrogens with zero attached hydrogens (tertiary/aromatic N) is 2. The Morgan fingerprint density at radius 1 is 1.53 bits per heavy atom. The van der Waals surface area contributed by atoms with E-state index in [1.807, 2.05) is 0 Å². The number of ether oxygens (including phenoxy) is 1. The molecule has 1 saturated heterocycles. The van der Waals surface area contributed by atoms with Crippen molar-refractivity contribution in [1.82, 2.24) is 4.98 Å². The van der Waals surface area contributed by atoms with Gasteiger partial charge >= 0.3 is 0 Å². The topological polar surface area (TPSA) is 42.4 Å². The molecule has 0 radical (unpaired) electrons. The first-order valence-corrected chi connectivity index (χ1v) is 7.57. The smallest absolute Gasteiger partial charge is 0.186 e. The van der Waals surface area contributed by atoms with Gasteiger partial charge in [-0.05, 0) is 25.7 Å². The molecule has 1 aliphatic rings. The normalized spacial score (nSPS) is 23.9. The van der Waals surface area contributed by atoms with E-state index in [1.165, 1.54) is 11.3 Å². The summed E-state index contributed by atoms with van der Waals surface area (Å²) in [6, 6.07) is 0. The second kappa shape index (κ2) is 5.59. The monoisotopic (exact) mass is 282 g/mol. The molecular formula is C14H22N2O2S. The first-order valence-electron chi connectivity index (χ1n) is 6.75. The Bertz CT molecular complexity index is 458. The van der Waals surface area contributed by atoms with Crippen molar-refractivity contribution < 1.29 is 9.53 Å². The van der Waals surface area contributed by atoms with Crippen molar-refractivity contribution >= 4 is 22.8 Å². The van der Waals surface area contributed by atoms with Crippen LogP contribution in [0.4, 0.5) is 5.13 Å². The number of aldehydes is 1. The number of aromatic nitrogens is 1. The molecule has 0 N–H and O–H groups in total. The average Bonchev–Trinajstić information content (AvgIpc) is 2.83. The third kappa shape index (κ3) is 2.98. The van der Waals surface area contributed by atoms with Crippen LogP contribution >= 0.6 is 11.3 Å². The van der Waals surface area contributed by atoms with Gasteiger partial charge in [0.1, 0.15) is 0 Å². The lowest BCUT2D eigenvalue weighted by atomic mass is 9.95. The zero-order chi connectivity index (χ0) is 14.0. The molecule has 2 rings (SSSR count). The van der Waals surface area contributed by atoms with Gasteiger partial charge in [0.25, 0.3) is 0 Å². The maximum atomic E-state index is 11.1. The van der Waals surface area contributed by atoms with Crippen molar-refractivity contribution in [3.63, 3.8) is 0 Å². The maximum Gasteiger partial charge on any atom is 0.186 e. The van der Waals surface area contributed by atoms with Crippen molar-refractivity contribution in [2.45, 2.75) is 45.1 Å². The quantitative estimate of drug-likeness (QED) is 0.796.